The number of nitrogens with one attached hydrogen (secondary N) is 3. The molecule has 1 aliphatic rings. The maximum Gasteiger partial charge on any atom is 0.321 e. The highest BCUT2D eigenvalue weighted by Gasteiger charge is 2.32. The molecule has 1 aromatic carbocycles. The van der Waals surface area contributed by atoms with Crippen LogP contribution in [0.2, 0.25) is 10.0 Å². The zero-order valence-corrected chi connectivity index (χ0v) is 16.9. The molecule has 1 saturated heterocycles. The molecular formula is C18H24Cl2N4O3. The van der Waals surface area contributed by atoms with Gasteiger partial charge in [-0.3, -0.25) is 19.8 Å². The molecule has 0 bridgehead atoms. The second kappa shape index (κ2) is 9.92. The summed E-state index contributed by atoms with van der Waals surface area (Å²) in [7, 11) is 0. The lowest BCUT2D eigenvalue weighted by Crippen LogP contribution is -2.48. The van der Waals surface area contributed by atoms with Crippen LogP contribution in [0.25, 0.3) is 0 Å². The Morgan fingerprint density at radius 3 is 2.48 bits per heavy atom. The Morgan fingerprint density at radius 1 is 1.19 bits per heavy atom. The van der Waals surface area contributed by atoms with E-state index < -0.39 is 18.0 Å². The van der Waals surface area contributed by atoms with Crippen molar-refractivity contribution >= 4 is 46.7 Å². The van der Waals surface area contributed by atoms with E-state index in [0.29, 0.717) is 35.2 Å². The van der Waals surface area contributed by atoms with Crippen LogP contribution in [0.1, 0.15) is 26.7 Å². The van der Waals surface area contributed by atoms with Crippen molar-refractivity contribution in [1.29, 1.82) is 0 Å². The highest BCUT2D eigenvalue weighted by molar-refractivity contribution is 6.35. The first-order valence-corrected chi connectivity index (χ1v) is 9.59. The van der Waals surface area contributed by atoms with Crippen LogP contribution in [0, 0.1) is 5.92 Å². The number of carbonyl (C=O) groups excluding carboxylic acids is 3. The number of halogens is 2. The fourth-order valence-electron chi connectivity index (χ4n) is 2.86. The molecule has 2 rings (SSSR count). The number of hydrogen-bond donors (Lipinski definition) is 3. The Hall–Kier alpha value is -1.83. The lowest BCUT2D eigenvalue weighted by molar-refractivity contribution is -0.124. The van der Waals surface area contributed by atoms with Gasteiger partial charge in [0.05, 0.1) is 12.6 Å². The summed E-state index contributed by atoms with van der Waals surface area (Å²) in [6.45, 7) is 4.99. The third-order valence-corrected chi connectivity index (χ3v) is 4.50. The van der Waals surface area contributed by atoms with Crippen LogP contribution < -0.4 is 16.0 Å². The van der Waals surface area contributed by atoms with Crippen LogP contribution in [0.3, 0.4) is 0 Å². The molecule has 0 saturated carbocycles. The lowest BCUT2D eigenvalue weighted by atomic mass is 10.2. The average Bonchev–Trinajstić information content (AvgIpc) is 2.99. The Morgan fingerprint density at radius 2 is 1.85 bits per heavy atom. The minimum absolute atomic E-state index is 0.0243. The zero-order valence-electron chi connectivity index (χ0n) is 15.4. The van der Waals surface area contributed by atoms with Gasteiger partial charge in [-0.15, -0.1) is 0 Å². The maximum atomic E-state index is 12.6. The first-order chi connectivity index (χ1) is 12.7. The number of rotatable bonds is 6. The zero-order chi connectivity index (χ0) is 20.0. The van der Waals surface area contributed by atoms with Gasteiger partial charge in [-0.25, -0.2) is 4.79 Å². The summed E-state index contributed by atoms with van der Waals surface area (Å²) in [6, 6.07) is 3.82. The smallest absolute Gasteiger partial charge is 0.321 e. The van der Waals surface area contributed by atoms with Gasteiger partial charge >= 0.3 is 6.03 Å². The van der Waals surface area contributed by atoms with E-state index in [9.17, 15) is 14.4 Å². The molecule has 148 valence electrons. The van der Waals surface area contributed by atoms with Crippen molar-refractivity contribution in [1.82, 2.24) is 15.5 Å². The summed E-state index contributed by atoms with van der Waals surface area (Å²) in [5.41, 5.74) is 0.502. The Kier molecular flexibility index (Phi) is 7.89. The predicted octanol–water partition coefficient (Wildman–Crippen LogP) is 2.88. The van der Waals surface area contributed by atoms with Crippen molar-refractivity contribution in [3.05, 3.63) is 28.2 Å². The summed E-state index contributed by atoms with van der Waals surface area (Å²) in [5, 5.41) is 8.54. The minimum atomic E-state index is -0.525. The fraction of sp³-hybridized carbons (Fsp3) is 0.500. The molecule has 0 aliphatic carbocycles. The SMILES string of the molecule is CC(C)CNC(=O)NC(=O)CN1CCCC1C(=O)Nc1cc(Cl)cc(Cl)c1. The summed E-state index contributed by atoms with van der Waals surface area (Å²) < 4.78 is 0. The molecule has 1 heterocycles. The van der Waals surface area contributed by atoms with Gasteiger partial charge in [0, 0.05) is 22.3 Å². The number of benzene rings is 1. The third-order valence-electron chi connectivity index (χ3n) is 4.07. The quantitative estimate of drug-likeness (QED) is 0.667. The topological polar surface area (TPSA) is 90.5 Å². The Bertz CT molecular complexity index is 692. The normalized spacial score (nSPS) is 17.0. The van der Waals surface area contributed by atoms with E-state index in [2.05, 4.69) is 16.0 Å². The molecular weight excluding hydrogens is 391 g/mol. The van der Waals surface area contributed by atoms with Crippen LogP contribution in [-0.4, -0.2) is 48.4 Å². The maximum absolute atomic E-state index is 12.6. The van der Waals surface area contributed by atoms with Crippen molar-refractivity contribution in [3.63, 3.8) is 0 Å². The Balaban J connectivity index is 1.89. The molecule has 1 aromatic rings. The van der Waals surface area contributed by atoms with Crippen LogP contribution in [0.4, 0.5) is 10.5 Å². The largest absolute Gasteiger partial charge is 0.338 e. The van der Waals surface area contributed by atoms with E-state index in [4.69, 9.17) is 23.2 Å². The number of urea groups is 1. The molecule has 4 amide bonds. The second-order valence-corrected chi connectivity index (χ2v) is 7.80. The van der Waals surface area contributed by atoms with Crippen molar-refractivity contribution in [2.75, 3.05) is 25.0 Å². The standard InChI is InChI=1S/C18H24Cl2N4O3/c1-11(2)9-21-18(27)23-16(25)10-24-5-3-4-15(24)17(26)22-14-7-12(19)6-13(20)8-14/h6-8,11,15H,3-5,9-10H2,1-2H3,(H,22,26)(H2,21,23,25,27). The van der Waals surface area contributed by atoms with E-state index in [1.54, 1.807) is 23.1 Å². The first kappa shape index (κ1) is 21.5. The molecule has 7 nitrogen and oxygen atoms in total. The first-order valence-electron chi connectivity index (χ1n) is 8.83. The lowest BCUT2D eigenvalue weighted by Gasteiger charge is -2.23. The molecule has 3 N–H and O–H groups in total. The van der Waals surface area contributed by atoms with E-state index >= 15 is 0 Å². The average molecular weight is 415 g/mol. The van der Waals surface area contributed by atoms with Gasteiger partial charge in [-0.05, 0) is 43.5 Å². The van der Waals surface area contributed by atoms with Crippen molar-refractivity contribution < 1.29 is 14.4 Å². The van der Waals surface area contributed by atoms with Crippen LogP contribution in [-0.2, 0) is 9.59 Å². The molecule has 1 atom stereocenters. The number of imide groups is 1. The molecule has 1 fully saturated rings. The second-order valence-electron chi connectivity index (χ2n) is 6.93. The van der Waals surface area contributed by atoms with Crippen LogP contribution >= 0.6 is 23.2 Å². The van der Waals surface area contributed by atoms with Crippen molar-refractivity contribution in [2.45, 2.75) is 32.7 Å². The summed E-state index contributed by atoms with van der Waals surface area (Å²) in [4.78, 5) is 38.1. The van der Waals surface area contributed by atoms with E-state index in [0.717, 1.165) is 6.42 Å². The van der Waals surface area contributed by atoms with E-state index in [1.807, 2.05) is 13.8 Å². The van der Waals surface area contributed by atoms with Gasteiger partial charge in [0.1, 0.15) is 0 Å². The van der Waals surface area contributed by atoms with Gasteiger partial charge in [-0.2, -0.15) is 0 Å². The minimum Gasteiger partial charge on any atom is -0.338 e. The molecule has 0 aromatic heterocycles. The van der Waals surface area contributed by atoms with Gasteiger partial charge in [-0.1, -0.05) is 37.0 Å². The van der Waals surface area contributed by atoms with Gasteiger partial charge in [0.25, 0.3) is 0 Å². The van der Waals surface area contributed by atoms with E-state index in [1.165, 1.54) is 0 Å². The summed E-state index contributed by atoms with van der Waals surface area (Å²) in [6.07, 6.45) is 1.42. The summed E-state index contributed by atoms with van der Waals surface area (Å²) >= 11 is 11.9. The molecule has 0 radical (unpaired) electrons. The van der Waals surface area contributed by atoms with Gasteiger partial charge in [0.2, 0.25) is 11.8 Å². The fourth-order valence-corrected chi connectivity index (χ4v) is 3.38. The molecule has 0 spiro atoms. The third kappa shape index (κ3) is 7.01. The number of likely N-dealkylation sites (tertiary alicyclic amines) is 1. The number of nitrogens with zero attached hydrogens (tertiary/aromatic N) is 1. The number of carbonyl (C=O) groups is 3. The molecule has 1 unspecified atom stereocenters. The number of amides is 4. The molecule has 9 heteroatoms. The van der Waals surface area contributed by atoms with E-state index in [-0.39, 0.29) is 18.4 Å². The van der Waals surface area contributed by atoms with Crippen LogP contribution in [0.5, 0.6) is 0 Å². The highest BCUT2D eigenvalue weighted by atomic mass is 35.5. The van der Waals surface area contributed by atoms with Crippen LogP contribution in [0.15, 0.2) is 18.2 Å². The number of hydrogen-bond acceptors (Lipinski definition) is 4. The monoisotopic (exact) mass is 414 g/mol. The number of anilines is 1. The van der Waals surface area contributed by atoms with Crippen molar-refractivity contribution in [3.8, 4) is 0 Å². The van der Waals surface area contributed by atoms with Crippen molar-refractivity contribution in [2.24, 2.45) is 5.92 Å². The van der Waals surface area contributed by atoms with Gasteiger partial charge in [0.15, 0.2) is 0 Å². The predicted molar refractivity (Wildman–Crippen MR) is 106 cm³/mol. The Labute approximate surface area is 168 Å². The highest BCUT2D eigenvalue weighted by Crippen LogP contribution is 2.24. The molecule has 1 aliphatic heterocycles. The van der Waals surface area contributed by atoms with Gasteiger partial charge < -0.3 is 10.6 Å². The summed E-state index contributed by atoms with van der Waals surface area (Å²) in [5.74, 6) is -0.387. The molecule has 27 heavy (non-hydrogen) atoms.